The first-order valence-corrected chi connectivity index (χ1v) is 28.4. The fourth-order valence-electron chi connectivity index (χ4n) is 9.84. The summed E-state index contributed by atoms with van der Waals surface area (Å²) < 4.78 is 67.7. The van der Waals surface area contributed by atoms with Gasteiger partial charge in [-0.15, -0.1) is 0 Å². The quantitative estimate of drug-likeness (QED) is 0.0105. The van der Waals surface area contributed by atoms with Gasteiger partial charge >= 0.3 is 35.2 Å². The number of carbonyl (C=O) groups is 4. The molecule has 0 saturated carbocycles. The van der Waals surface area contributed by atoms with E-state index in [9.17, 15) is 106 Å². The second kappa shape index (κ2) is 30.2. The van der Waals surface area contributed by atoms with Crippen LogP contribution >= 0.6 is 0 Å². The van der Waals surface area contributed by atoms with Crippen LogP contribution in [-0.4, -0.2) is 265 Å². The Morgan fingerprint density at radius 1 is 0.457 bits per heavy atom. The fraction of sp³-hybridized carbons (Fsp3) is 0.417. The first kappa shape index (κ1) is 69.7. The summed E-state index contributed by atoms with van der Waals surface area (Å²) in [6, 6.07) is 16.0. The van der Waals surface area contributed by atoms with Crippen LogP contribution in [0.3, 0.4) is 0 Å². The van der Waals surface area contributed by atoms with Crippen LogP contribution in [-0.2, 0) is 52.3 Å². The number of fused-ring (bicyclic) bond motifs is 1. The molecule has 4 aromatic carbocycles. The lowest BCUT2D eigenvalue weighted by molar-refractivity contribution is -0.279. The molecule has 1 aromatic heterocycles. The SMILES string of the molecule is O=C(O)CC(=O)OCC1OC(Oc2cc3c(O)cc(O)cc3[o+]c2-c2cc(OC3OC(COC(=O)C=Cc4ccc(O)cc4)C(O)C(O)C3O)c(O)c(OC3OC(COC(=O)C=Cc4ccc(OC5OC(CO)C(O)C(O)C5O)cc4)C(O)C(O)C3O)c2)C(O)C(O)C1O. The van der Waals surface area contributed by atoms with Crippen LogP contribution in [0, 0.1) is 0 Å². The summed E-state index contributed by atoms with van der Waals surface area (Å²) in [5.74, 6) is -10.1. The zero-order valence-electron chi connectivity index (χ0n) is 48.5. The van der Waals surface area contributed by atoms with Crippen LogP contribution in [0.5, 0.6) is 46.0 Å². The molecule has 0 bridgehead atoms. The van der Waals surface area contributed by atoms with Crippen molar-refractivity contribution in [2.24, 2.45) is 0 Å². The van der Waals surface area contributed by atoms with E-state index >= 15 is 0 Å². The van der Waals surface area contributed by atoms with Gasteiger partial charge in [-0.05, 0) is 47.5 Å². The lowest BCUT2D eigenvalue weighted by Crippen LogP contribution is -2.60. The fourth-order valence-corrected chi connectivity index (χ4v) is 9.84. The Balaban J connectivity index is 1.00. The van der Waals surface area contributed by atoms with Gasteiger partial charge < -0.3 is 144 Å². The Kier molecular flexibility index (Phi) is 22.4. The average Bonchev–Trinajstić information content (AvgIpc) is 0.767. The van der Waals surface area contributed by atoms with E-state index < -0.39 is 225 Å². The predicted octanol–water partition coefficient (Wildman–Crippen LogP) is -3.53. The Hall–Kier alpha value is -8.63. The van der Waals surface area contributed by atoms with E-state index in [-0.39, 0.29) is 22.5 Å². The molecule has 508 valence electrons. The van der Waals surface area contributed by atoms with Crippen molar-refractivity contribution in [1.29, 1.82) is 0 Å². The first-order chi connectivity index (χ1) is 44.7. The van der Waals surface area contributed by atoms with Crippen molar-refractivity contribution in [3.8, 4) is 57.3 Å². The number of aliphatic carboxylic acids is 1. The molecular weight excluding hydrogens is 1260 g/mol. The number of carboxylic acid groups (broad SMARTS) is 1. The van der Waals surface area contributed by atoms with E-state index in [2.05, 4.69) is 0 Å². The predicted molar refractivity (Wildman–Crippen MR) is 305 cm³/mol. The second-order valence-corrected chi connectivity index (χ2v) is 21.7. The van der Waals surface area contributed by atoms with Gasteiger partial charge in [0.15, 0.2) is 11.5 Å². The first-order valence-electron chi connectivity index (χ1n) is 28.4. The summed E-state index contributed by atoms with van der Waals surface area (Å²) in [5.41, 5.74) is 0.0566. The number of hydrogen-bond donors (Lipinski definition) is 18. The van der Waals surface area contributed by atoms with Crippen molar-refractivity contribution < 1.29 is 168 Å². The molecule has 5 heterocycles. The number of phenols is 4. The summed E-state index contributed by atoms with van der Waals surface area (Å²) in [5, 5.41) is 192. The number of aliphatic hydroxyl groups excluding tert-OH is 13. The maximum Gasteiger partial charge on any atom is 0.402 e. The number of esters is 3. The smallest absolute Gasteiger partial charge is 0.402 e. The Labute approximate surface area is 528 Å². The monoisotopic (exact) mass is 1330 g/mol. The van der Waals surface area contributed by atoms with Crippen molar-refractivity contribution >= 4 is 47.0 Å². The molecule has 4 fully saturated rings. The number of hydrogen-bond acceptors (Lipinski definition) is 32. The standard InChI is InChI=1S/C60H64O34/c61-19-35-44(71)48(75)52(79)57(91-35)86-28-9-3-24(4-10-28)6-12-41(68)84-21-37-46(73)50(77)54(81)59(93-37)89-33-14-25(13-32(43(33)70)88-58-53(80)49(76)45(72)36(92-58)20-83-40(67)11-5-23-1-7-26(62)8-2-23)56-34(17-29-30(64)15-27(63)16-31(29)87-56)90-60-55(82)51(78)47(74)38(94-60)22-85-42(69)18-39(65)66/h1-17,35-38,44-55,57-61,71-82H,18-22H2,(H4-,62,63,64,65,66,67,70)/p+1. The van der Waals surface area contributed by atoms with Crippen molar-refractivity contribution in [1.82, 2.24) is 0 Å². The molecule has 4 aliphatic rings. The van der Waals surface area contributed by atoms with E-state index in [0.717, 1.165) is 42.5 Å². The molecule has 20 atom stereocenters. The average molecular weight is 1330 g/mol. The van der Waals surface area contributed by atoms with Gasteiger partial charge in [-0.2, -0.15) is 0 Å². The minimum absolute atomic E-state index is 0.0489. The summed E-state index contributed by atoms with van der Waals surface area (Å²) in [6.45, 7) is -3.28. The van der Waals surface area contributed by atoms with E-state index in [4.69, 9.17) is 61.6 Å². The number of carboxylic acids is 1. The van der Waals surface area contributed by atoms with Gasteiger partial charge in [0.1, 0.15) is 152 Å². The van der Waals surface area contributed by atoms with E-state index in [1.54, 1.807) is 0 Å². The number of ether oxygens (including phenoxy) is 11. The molecule has 5 aromatic rings. The highest BCUT2D eigenvalue weighted by Gasteiger charge is 2.50. The van der Waals surface area contributed by atoms with Crippen LogP contribution in [0.4, 0.5) is 0 Å². The molecule has 4 saturated heterocycles. The van der Waals surface area contributed by atoms with Crippen LogP contribution in [0.2, 0.25) is 0 Å². The zero-order valence-corrected chi connectivity index (χ0v) is 48.5. The Morgan fingerprint density at radius 3 is 1.33 bits per heavy atom. The molecule has 0 aliphatic carbocycles. The Bertz CT molecular complexity index is 3530. The molecule has 9 rings (SSSR count). The van der Waals surface area contributed by atoms with Crippen molar-refractivity contribution in [3.63, 3.8) is 0 Å². The normalized spacial score (nSPS) is 31.2. The van der Waals surface area contributed by atoms with Gasteiger partial charge in [-0.25, -0.2) is 14.0 Å². The molecule has 18 N–H and O–H groups in total. The number of rotatable bonds is 22. The van der Waals surface area contributed by atoms with Crippen LogP contribution in [0.25, 0.3) is 34.4 Å². The second-order valence-electron chi connectivity index (χ2n) is 21.7. The lowest BCUT2D eigenvalue weighted by Gasteiger charge is -2.40. The van der Waals surface area contributed by atoms with Crippen molar-refractivity contribution in [2.45, 2.75) is 129 Å². The highest BCUT2D eigenvalue weighted by Crippen LogP contribution is 2.47. The van der Waals surface area contributed by atoms with Crippen molar-refractivity contribution in [3.05, 3.63) is 102 Å². The van der Waals surface area contributed by atoms with Crippen LogP contribution in [0.1, 0.15) is 17.5 Å². The number of aromatic hydroxyl groups is 4. The highest BCUT2D eigenvalue weighted by atomic mass is 16.7. The third-order valence-electron chi connectivity index (χ3n) is 15.0. The molecule has 20 unspecified atom stereocenters. The molecule has 0 amide bonds. The molecule has 94 heavy (non-hydrogen) atoms. The number of carbonyl (C=O) groups excluding carboxylic acids is 3. The van der Waals surface area contributed by atoms with Gasteiger partial charge in [-0.1, -0.05) is 24.3 Å². The zero-order chi connectivity index (χ0) is 68.0. The number of phenolic OH excluding ortho intramolecular Hbond substituents is 4. The molecule has 34 nitrogen and oxygen atoms in total. The molecule has 0 radical (unpaired) electrons. The minimum atomic E-state index is -2.24. The number of benzene rings is 4. The van der Waals surface area contributed by atoms with E-state index in [0.29, 0.717) is 11.1 Å². The van der Waals surface area contributed by atoms with Crippen LogP contribution in [0.15, 0.2) is 95.4 Å². The molecule has 34 heteroatoms. The summed E-state index contributed by atoms with van der Waals surface area (Å²) in [7, 11) is 0. The van der Waals surface area contributed by atoms with Gasteiger partial charge in [0, 0.05) is 36.4 Å². The van der Waals surface area contributed by atoms with Gasteiger partial charge in [-0.3, -0.25) is 9.59 Å². The lowest BCUT2D eigenvalue weighted by atomic mass is 9.99. The number of aliphatic hydroxyl groups is 13. The van der Waals surface area contributed by atoms with E-state index in [1.807, 2.05) is 0 Å². The summed E-state index contributed by atoms with van der Waals surface area (Å²) in [6.07, 6.45) is -35.1. The molecule has 4 aliphatic heterocycles. The molecule has 0 spiro atoms. The van der Waals surface area contributed by atoms with E-state index in [1.165, 1.54) is 60.7 Å². The topological polar surface area (TPSA) is 545 Å². The van der Waals surface area contributed by atoms with Crippen molar-refractivity contribution in [2.75, 3.05) is 26.4 Å². The highest BCUT2D eigenvalue weighted by molar-refractivity contribution is 5.91. The van der Waals surface area contributed by atoms with Gasteiger partial charge in [0.25, 0.3) is 0 Å². The van der Waals surface area contributed by atoms with Gasteiger partial charge in [0.05, 0.1) is 18.2 Å². The Morgan fingerprint density at radius 2 is 0.872 bits per heavy atom. The summed E-state index contributed by atoms with van der Waals surface area (Å²) in [4.78, 5) is 49.1. The summed E-state index contributed by atoms with van der Waals surface area (Å²) >= 11 is 0. The largest absolute Gasteiger partial charge is 0.508 e. The maximum absolute atomic E-state index is 13.1. The third kappa shape index (κ3) is 16.3. The van der Waals surface area contributed by atoms with Crippen LogP contribution < -0.4 is 18.9 Å². The third-order valence-corrected chi connectivity index (χ3v) is 15.0. The maximum atomic E-state index is 13.1. The minimum Gasteiger partial charge on any atom is -0.508 e. The van der Waals surface area contributed by atoms with Gasteiger partial charge in [0.2, 0.25) is 36.7 Å². The molecular formula is C60H65O34+.